The maximum Gasteiger partial charge on any atom is 0.255 e. The van der Waals surface area contributed by atoms with Crippen LogP contribution in [-0.2, 0) is 16.0 Å². The quantitative estimate of drug-likeness (QED) is 0.774. The second-order valence-electron chi connectivity index (χ2n) is 6.78. The van der Waals surface area contributed by atoms with Gasteiger partial charge in [-0.25, -0.2) is 0 Å². The van der Waals surface area contributed by atoms with E-state index in [4.69, 9.17) is 10.00 Å². The van der Waals surface area contributed by atoms with Gasteiger partial charge in [0.1, 0.15) is 6.04 Å². The molecule has 142 valence electrons. The Hall–Kier alpha value is -3.19. The summed E-state index contributed by atoms with van der Waals surface area (Å²) < 4.78 is 5.60. The summed E-state index contributed by atoms with van der Waals surface area (Å²) in [5, 5.41) is 24.2. The van der Waals surface area contributed by atoms with Crippen molar-refractivity contribution in [2.24, 2.45) is 0 Å². The molecule has 0 radical (unpaired) electrons. The third kappa shape index (κ3) is 4.20. The predicted octanol–water partition coefficient (Wildman–Crippen LogP) is 2.15. The Bertz CT molecular complexity index is 904. The highest BCUT2D eigenvalue weighted by atomic mass is 16.5. The van der Waals surface area contributed by atoms with E-state index in [0.717, 1.165) is 16.7 Å². The molecule has 1 aliphatic rings. The fourth-order valence-electron chi connectivity index (χ4n) is 3.18. The molecule has 0 bridgehead atoms. The number of benzene rings is 2. The average Bonchev–Trinajstić information content (AvgIpc) is 2.70. The summed E-state index contributed by atoms with van der Waals surface area (Å²) in [5.74, 6) is -0.242. The maximum absolute atomic E-state index is 12.5. The van der Waals surface area contributed by atoms with Gasteiger partial charge in [-0.3, -0.25) is 4.79 Å². The van der Waals surface area contributed by atoms with E-state index in [9.17, 15) is 10.1 Å². The first kappa shape index (κ1) is 19.6. The van der Waals surface area contributed by atoms with Gasteiger partial charge in [0.15, 0.2) is 5.60 Å². The van der Waals surface area contributed by atoms with Crippen molar-refractivity contribution in [3.63, 3.8) is 0 Å². The normalized spacial score (nSPS) is 15.5. The number of rotatable bonds is 7. The fourth-order valence-corrected chi connectivity index (χ4v) is 3.18. The first-order valence-corrected chi connectivity index (χ1v) is 9.25. The molecule has 6 heteroatoms. The summed E-state index contributed by atoms with van der Waals surface area (Å²) in [6, 6.07) is 18.9. The van der Waals surface area contributed by atoms with E-state index >= 15 is 0 Å². The standard InChI is InChI=1S/C22H22N4O2/c1-2-28-22(14-25-15-22)21(27)26-20(13-24)11-16-3-7-18(8-4-16)19-9-5-17(12-23)6-10-19/h3-10,20,25H,2,11,14-15H2,1H3,(H,26,27)/t20-/m0/s1. The Balaban J connectivity index is 1.64. The van der Waals surface area contributed by atoms with Gasteiger partial charge < -0.3 is 15.4 Å². The molecule has 6 nitrogen and oxygen atoms in total. The molecule has 0 aliphatic carbocycles. The van der Waals surface area contributed by atoms with Crippen molar-refractivity contribution in [1.29, 1.82) is 10.5 Å². The summed E-state index contributed by atoms with van der Waals surface area (Å²) in [7, 11) is 0. The van der Waals surface area contributed by atoms with Gasteiger partial charge in [0.05, 0.1) is 17.7 Å². The number of nitrogens with one attached hydrogen (secondary N) is 2. The number of hydrogen-bond acceptors (Lipinski definition) is 5. The number of amides is 1. The molecule has 1 amide bonds. The van der Waals surface area contributed by atoms with Gasteiger partial charge in [-0.1, -0.05) is 36.4 Å². The van der Waals surface area contributed by atoms with Crippen LogP contribution in [0.25, 0.3) is 11.1 Å². The highest BCUT2D eigenvalue weighted by molar-refractivity contribution is 5.87. The van der Waals surface area contributed by atoms with Gasteiger partial charge in [0.2, 0.25) is 0 Å². The molecule has 0 saturated carbocycles. The largest absolute Gasteiger partial charge is 0.363 e. The zero-order valence-corrected chi connectivity index (χ0v) is 15.7. The molecule has 1 heterocycles. The van der Waals surface area contributed by atoms with Gasteiger partial charge in [-0.15, -0.1) is 0 Å². The van der Waals surface area contributed by atoms with E-state index in [1.807, 2.05) is 43.3 Å². The van der Waals surface area contributed by atoms with Crippen LogP contribution < -0.4 is 10.6 Å². The minimum atomic E-state index is -0.858. The van der Waals surface area contributed by atoms with E-state index in [-0.39, 0.29) is 5.91 Å². The van der Waals surface area contributed by atoms with Crippen molar-refractivity contribution in [1.82, 2.24) is 10.6 Å². The minimum Gasteiger partial charge on any atom is -0.363 e. The minimum absolute atomic E-state index is 0.242. The lowest BCUT2D eigenvalue weighted by molar-refractivity contribution is -0.154. The molecule has 3 rings (SSSR count). The molecular weight excluding hydrogens is 352 g/mol. The van der Waals surface area contributed by atoms with Crippen LogP contribution in [-0.4, -0.2) is 37.2 Å². The summed E-state index contributed by atoms with van der Waals surface area (Å²) in [4.78, 5) is 12.5. The zero-order valence-electron chi connectivity index (χ0n) is 15.7. The first-order valence-electron chi connectivity index (χ1n) is 9.25. The van der Waals surface area contributed by atoms with Crippen LogP contribution in [0.3, 0.4) is 0 Å². The number of nitrogens with zero attached hydrogens (tertiary/aromatic N) is 2. The number of ether oxygens (including phenoxy) is 1. The van der Waals surface area contributed by atoms with Crippen molar-refractivity contribution in [3.05, 3.63) is 59.7 Å². The molecule has 1 atom stereocenters. The van der Waals surface area contributed by atoms with Crippen molar-refractivity contribution in [2.75, 3.05) is 19.7 Å². The molecule has 1 aliphatic heterocycles. The topological polar surface area (TPSA) is 97.9 Å². The molecule has 28 heavy (non-hydrogen) atoms. The highest BCUT2D eigenvalue weighted by Gasteiger charge is 2.45. The molecule has 2 aromatic rings. The summed E-state index contributed by atoms with van der Waals surface area (Å²) in [6.45, 7) is 3.22. The molecule has 2 N–H and O–H groups in total. The predicted molar refractivity (Wildman–Crippen MR) is 105 cm³/mol. The lowest BCUT2D eigenvalue weighted by Crippen LogP contribution is -2.69. The van der Waals surface area contributed by atoms with Crippen LogP contribution in [0.2, 0.25) is 0 Å². The fraction of sp³-hybridized carbons (Fsp3) is 0.318. The van der Waals surface area contributed by atoms with Crippen molar-refractivity contribution >= 4 is 5.91 Å². The molecule has 0 spiro atoms. The molecule has 1 fully saturated rings. The zero-order chi connectivity index (χ0) is 20.0. The summed E-state index contributed by atoms with van der Waals surface area (Å²) in [5.41, 5.74) is 2.78. The van der Waals surface area contributed by atoms with Crippen LogP contribution >= 0.6 is 0 Å². The molecule has 0 unspecified atom stereocenters. The van der Waals surface area contributed by atoms with E-state index in [0.29, 0.717) is 31.7 Å². The first-order chi connectivity index (χ1) is 13.6. The number of nitriles is 2. The van der Waals surface area contributed by atoms with Crippen LogP contribution in [0.15, 0.2) is 48.5 Å². The van der Waals surface area contributed by atoms with E-state index in [1.54, 1.807) is 12.1 Å². The molecule has 1 saturated heterocycles. The highest BCUT2D eigenvalue weighted by Crippen LogP contribution is 2.21. The lowest BCUT2D eigenvalue weighted by atomic mass is 9.94. The van der Waals surface area contributed by atoms with Crippen molar-refractivity contribution in [2.45, 2.75) is 25.0 Å². The number of carbonyl (C=O) groups excluding carboxylic acids is 1. The second kappa shape index (κ2) is 8.67. The van der Waals surface area contributed by atoms with E-state index < -0.39 is 11.6 Å². The second-order valence-corrected chi connectivity index (χ2v) is 6.78. The maximum atomic E-state index is 12.5. The Kier molecular flexibility index (Phi) is 6.06. The lowest BCUT2D eigenvalue weighted by Gasteiger charge is -2.40. The van der Waals surface area contributed by atoms with Crippen LogP contribution in [0, 0.1) is 22.7 Å². The third-order valence-corrected chi connectivity index (χ3v) is 4.86. The van der Waals surface area contributed by atoms with E-state index in [1.165, 1.54) is 0 Å². The monoisotopic (exact) mass is 374 g/mol. The molecule has 2 aromatic carbocycles. The Morgan fingerprint density at radius 3 is 2.21 bits per heavy atom. The van der Waals surface area contributed by atoms with Gasteiger partial charge in [0.25, 0.3) is 5.91 Å². The van der Waals surface area contributed by atoms with Gasteiger partial charge >= 0.3 is 0 Å². The Labute approximate surface area is 164 Å². The SMILES string of the molecule is CCOC1(C(=O)N[C@H](C#N)Cc2ccc(-c3ccc(C#N)cc3)cc2)CNC1. The van der Waals surface area contributed by atoms with Gasteiger partial charge in [0, 0.05) is 26.1 Å². The van der Waals surface area contributed by atoms with Crippen molar-refractivity contribution < 1.29 is 9.53 Å². The molecule has 0 aromatic heterocycles. The van der Waals surface area contributed by atoms with Crippen LogP contribution in [0.5, 0.6) is 0 Å². The molecular formula is C22H22N4O2. The average molecular weight is 374 g/mol. The summed E-state index contributed by atoms with van der Waals surface area (Å²) in [6.07, 6.45) is 0.422. The van der Waals surface area contributed by atoms with Crippen LogP contribution in [0.1, 0.15) is 18.1 Å². The third-order valence-electron chi connectivity index (χ3n) is 4.86. The number of carbonyl (C=O) groups is 1. The van der Waals surface area contributed by atoms with Gasteiger partial charge in [-0.2, -0.15) is 10.5 Å². The van der Waals surface area contributed by atoms with Crippen LogP contribution in [0.4, 0.5) is 0 Å². The van der Waals surface area contributed by atoms with Gasteiger partial charge in [-0.05, 0) is 35.7 Å². The van der Waals surface area contributed by atoms with Crippen molar-refractivity contribution in [3.8, 4) is 23.3 Å². The Morgan fingerprint density at radius 2 is 1.75 bits per heavy atom. The van der Waals surface area contributed by atoms with E-state index in [2.05, 4.69) is 22.8 Å². The number of hydrogen-bond donors (Lipinski definition) is 2. The Morgan fingerprint density at radius 1 is 1.14 bits per heavy atom. The summed E-state index contributed by atoms with van der Waals surface area (Å²) >= 11 is 0. The smallest absolute Gasteiger partial charge is 0.255 e.